The maximum atomic E-state index is 13.2. The summed E-state index contributed by atoms with van der Waals surface area (Å²) in [5.74, 6) is -1.27. The smallest absolute Gasteiger partial charge is 0.410 e. The van der Waals surface area contributed by atoms with Crippen LogP contribution in [0.4, 0.5) is 4.79 Å². The van der Waals surface area contributed by atoms with Crippen LogP contribution in [0.5, 0.6) is 0 Å². The number of carboxylic acid groups (broad SMARTS) is 1. The Hall–Kier alpha value is -1.83. The lowest BCUT2D eigenvalue weighted by atomic mass is 10.0. The Balaban J connectivity index is 2.98. The second-order valence-electron chi connectivity index (χ2n) is 9.05. The van der Waals surface area contributed by atoms with Gasteiger partial charge in [-0.2, -0.15) is 0 Å². The lowest BCUT2D eigenvalue weighted by Gasteiger charge is -2.35. The molecule has 1 fully saturated rings. The van der Waals surface area contributed by atoms with Crippen molar-refractivity contribution >= 4 is 18.0 Å². The molecule has 0 aromatic heterocycles. The first-order valence-electron chi connectivity index (χ1n) is 10.0. The van der Waals surface area contributed by atoms with Gasteiger partial charge in [0.25, 0.3) is 0 Å². The number of carbonyl (C=O) groups excluding carboxylic acids is 2. The Kier molecular flexibility index (Phi) is 8.73. The van der Waals surface area contributed by atoms with Crippen LogP contribution < -0.4 is 0 Å². The molecule has 2 amide bonds. The standard InChI is InChI=1S/C20H37N3O5/c1-14(2)12-15(22(7)19(27)28-20(3,4)5)17(24)21(6)16(18(25)26)13-23-10-8-9-11-23/h14-16H,8-13H2,1-7H3,(H,25,26). The van der Waals surface area contributed by atoms with Crippen molar-refractivity contribution in [1.82, 2.24) is 14.7 Å². The number of carboxylic acids is 1. The summed E-state index contributed by atoms with van der Waals surface area (Å²) in [6.07, 6.45) is 1.92. The lowest BCUT2D eigenvalue weighted by molar-refractivity contribution is -0.152. The zero-order valence-corrected chi connectivity index (χ0v) is 18.4. The van der Waals surface area contributed by atoms with Crippen LogP contribution in [0.15, 0.2) is 0 Å². The number of hydrogen-bond donors (Lipinski definition) is 1. The lowest BCUT2D eigenvalue weighted by Crippen LogP contribution is -2.56. The van der Waals surface area contributed by atoms with Gasteiger partial charge in [-0.3, -0.25) is 9.69 Å². The first-order valence-corrected chi connectivity index (χ1v) is 10.0. The second-order valence-corrected chi connectivity index (χ2v) is 9.05. The molecule has 1 saturated heterocycles. The number of aliphatic carboxylic acids is 1. The van der Waals surface area contributed by atoms with Crippen molar-refractivity contribution in [3.8, 4) is 0 Å². The van der Waals surface area contributed by atoms with Crippen molar-refractivity contribution in [2.45, 2.75) is 71.6 Å². The molecule has 1 rings (SSSR count). The van der Waals surface area contributed by atoms with Gasteiger partial charge >= 0.3 is 12.1 Å². The number of nitrogens with zero attached hydrogens (tertiary/aromatic N) is 3. The Labute approximate surface area is 168 Å². The number of likely N-dealkylation sites (tertiary alicyclic amines) is 1. The van der Waals surface area contributed by atoms with Crippen molar-refractivity contribution in [1.29, 1.82) is 0 Å². The van der Waals surface area contributed by atoms with Gasteiger partial charge < -0.3 is 19.6 Å². The van der Waals surface area contributed by atoms with Crippen LogP contribution in [0, 0.1) is 5.92 Å². The first-order chi connectivity index (χ1) is 12.8. The van der Waals surface area contributed by atoms with E-state index in [2.05, 4.69) is 4.90 Å². The molecule has 0 aromatic rings. The summed E-state index contributed by atoms with van der Waals surface area (Å²) in [6.45, 7) is 11.2. The minimum Gasteiger partial charge on any atom is -0.480 e. The first kappa shape index (κ1) is 24.2. The molecule has 162 valence electrons. The normalized spacial score (nSPS) is 17.3. The van der Waals surface area contributed by atoms with Crippen LogP contribution in [0.3, 0.4) is 0 Å². The third kappa shape index (κ3) is 7.30. The molecule has 8 heteroatoms. The Morgan fingerprint density at radius 2 is 1.57 bits per heavy atom. The fraction of sp³-hybridized carbons (Fsp3) is 0.850. The number of ether oxygens (including phenoxy) is 1. The summed E-state index contributed by atoms with van der Waals surface area (Å²) in [4.78, 5) is 42.2. The van der Waals surface area contributed by atoms with Gasteiger partial charge in [-0.05, 0) is 59.0 Å². The Bertz CT molecular complexity index is 553. The molecule has 0 spiro atoms. The van der Waals surface area contributed by atoms with E-state index in [1.165, 1.54) is 23.9 Å². The fourth-order valence-electron chi connectivity index (χ4n) is 3.30. The third-order valence-corrected chi connectivity index (χ3v) is 4.86. The molecule has 2 unspecified atom stereocenters. The van der Waals surface area contributed by atoms with Gasteiger partial charge in [0, 0.05) is 20.6 Å². The summed E-state index contributed by atoms with van der Waals surface area (Å²) >= 11 is 0. The second kappa shape index (κ2) is 10.1. The highest BCUT2D eigenvalue weighted by molar-refractivity contribution is 5.89. The van der Waals surface area contributed by atoms with E-state index in [-0.39, 0.29) is 11.8 Å². The topological polar surface area (TPSA) is 90.4 Å². The average Bonchev–Trinajstić information content (AvgIpc) is 3.06. The Morgan fingerprint density at radius 3 is 2.00 bits per heavy atom. The number of amides is 2. The summed E-state index contributed by atoms with van der Waals surface area (Å²) in [7, 11) is 3.04. The Morgan fingerprint density at radius 1 is 1.04 bits per heavy atom. The van der Waals surface area contributed by atoms with Gasteiger partial charge in [-0.25, -0.2) is 9.59 Å². The predicted molar refractivity (Wildman–Crippen MR) is 107 cm³/mol. The molecule has 0 radical (unpaired) electrons. The van der Waals surface area contributed by atoms with Crippen LogP contribution in [0.2, 0.25) is 0 Å². The zero-order chi connectivity index (χ0) is 21.6. The monoisotopic (exact) mass is 399 g/mol. The number of rotatable bonds is 8. The van der Waals surface area contributed by atoms with Crippen molar-refractivity contribution in [2.75, 3.05) is 33.7 Å². The van der Waals surface area contributed by atoms with E-state index >= 15 is 0 Å². The highest BCUT2D eigenvalue weighted by Gasteiger charge is 2.37. The van der Waals surface area contributed by atoms with Gasteiger partial charge in [-0.1, -0.05) is 13.8 Å². The highest BCUT2D eigenvalue weighted by atomic mass is 16.6. The van der Waals surface area contributed by atoms with Gasteiger partial charge in [0.15, 0.2) is 0 Å². The van der Waals surface area contributed by atoms with Gasteiger partial charge in [0.2, 0.25) is 5.91 Å². The molecule has 28 heavy (non-hydrogen) atoms. The van der Waals surface area contributed by atoms with Crippen LogP contribution in [-0.2, 0) is 14.3 Å². The molecule has 2 atom stereocenters. The molecular weight excluding hydrogens is 362 g/mol. The quantitative estimate of drug-likeness (QED) is 0.673. The maximum Gasteiger partial charge on any atom is 0.410 e. The van der Waals surface area contributed by atoms with E-state index in [9.17, 15) is 19.5 Å². The third-order valence-electron chi connectivity index (χ3n) is 4.86. The molecule has 0 aromatic carbocycles. The van der Waals surface area contributed by atoms with Gasteiger partial charge in [-0.15, -0.1) is 0 Å². The number of carbonyl (C=O) groups is 3. The highest BCUT2D eigenvalue weighted by Crippen LogP contribution is 2.19. The fourth-order valence-corrected chi connectivity index (χ4v) is 3.30. The molecule has 0 bridgehead atoms. The van der Waals surface area contributed by atoms with E-state index < -0.39 is 29.7 Å². The molecular formula is C20H37N3O5. The van der Waals surface area contributed by atoms with Crippen molar-refractivity contribution in [2.24, 2.45) is 5.92 Å². The summed E-state index contributed by atoms with van der Waals surface area (Å²) in [6, 6.07) is -1.73. The molecule has 0 saturated carbocycles. The molecule has 1 aliphatic rings. The van der Waals surface area contributed by atoms with Crippen molar-refractivity contribution < 1.29 is 24.2 Å². The SMILES string of the molecule is CC(C)CC(C(=O)N(C)C(CN1CCCC1)C(=O)O)N(C)C(=O)OC(C)(C)C. The number of likely N-dealkylation sites (N-methyl/N-ethyl adjacent to an activating group) is 2. The van der Waals surface area contributed by atoms with Crippen LogP contribution >= 0.6 is 0 Å². The molecule has 8 nitrogen and oxygen atoms in total. The summed E-state index contributed by atoms with van der Waals surface area (Å²) < 4.78 is 5.40. The van der Waals surface area contributed by atoms with Crippen LogP contribution in [0.1, 0.15) is 53.9 Å². The zero-order valence-electron chi connectivity index (χ0n) is 18.4. The minimum absolute atomic E-state index is 0.147. The molecule has 0 aliphatic carbocycles. The van der Waals surface area contributed by atoms with E-state index in [0.29, 0.717) is 13.0 Å². The average molecular weight is 400 g/mol. The van der Waals surface area contributed by atoms with Crippen LogP contribution in [0.25, 0.3) is 0 Å². The van der Waals surface area contributed by atoms with E-state index in [1.54, 1.807) is 20.8 Å². The van der Waals surface area contributed by atoms with E-state index in [1.807, 2.05) is 13.8 Å². The minimum atomic E-state index is -1.04. The molecule has 1 heterocycles. The molecule has 1 aliphatic heterocycles. The summed E-state index contributed by atoms with van der Waals surface area (Å²) in [5.41, 5.74) is -0.679. The van der Waals surface area contributed by atoms with E-state index in [4.69, 9.17) is 4.74 Å². The van der Waals surface area contributed by atoms with Gasteiger partial charge in [0.1, 0.15) is 17.7 Å². The van der Waals surface area contributed by atoms with Crippen LogP contribution in [-0.4, -0.2) is 89.2 Å². The molecule has 1 N–H and O–H groups in total. The van der Waals surface area contributed by atoms with Crippen molar-refractivity contribution in [3.05, 3.63) is 0 Å². The summed E-state index contributed by atoms with van der Waals surface area (Å²) in [5, 5.41) is 9.69. The van der Waals surface area contributed by atoms with Gasteiger partial charge in [0.05, 0.1) is 0 Å². The largest absolute Gasteiger partial charge is 0.480 e. The maximum absolute atomic E-state index is 13.2. The van der Waals surface area contributed by atoms with E-state index in [0.717, 1.165) is 25.9 Å². The predicted octanol–water partition coefficient (Wildman–Crippen LogP) is 2.28. The number of hydrogen-bond acceptors (Lipinski definition) is 5. The van der Waals surface area contributed by atoms with Crippen molar-refractivity contribution in [3.63, 3.8) is 0 Å².